The summed E-state index contributed by atoms with van der Waals surface area (Å²) in [6, 6.07) is 0. The van der Waals surface area contributed by atoms with E-state index in [1.165, 1.54) is 26.0 Å². The Hall–Kier alpha value is -3.17. The van der Waals surface area contributed by atoms with Crippen molar-refractivity contribution in [3.8, 4) is 0 Å². The third-order valence-corrected chi connectivity index (χ3v) is 9.22. The maximum atomic E-state index is 13.7. The first-order valence-corrected chi connectivity index (χ1v) is 12.2. The number of hydrogen-bond acceptors (Lipinski definition) is 9. The standard InChI is InChI=1S/C28H32O9/c1-12-19-17(10-11-18(30)36-24(19,6)7)21(31)25(8)20(12)22(35-16(5)29)26(9)13(2)27(25)14(3)34-15(4)28(27,33)23(32)37-26/h10-11,15,21-22,31,33H,2-3H2,1,4-9H3/t15-,21+,22+,25-,26+,27+,28-/m0/s1. The number of esters is 3. The molecule has 0 unspecified atom stereocenters. The Morgan fingerprint density at radius 2 is 1.73 bits per heavy atom. The summed E-state index contributed by atoms with van der Waals surface area (Å²) in [5.74, 6) is -2.20. The first kappa shape index (κ1) is 25.5. The van der Waals surface area contributed by atoms with Gasteiger partial charge in [0.25, 0.3) is 0 Å². The molecule has 198 valence electrons. The van der Waals surface area contributed by atoms with Gasteiger partial charge < -0.3 is 29.2 Å². The van der Waals surface area contributed by atoms with E-state index in [0.29, 0.717) is 22.3 Å². The maximum Gasteiger partial charge on any atom is 0.344 e. The number of carbonyl (C=O) groups excluding carboxylic acids is 3. The van der Waals surface area contributed by atoms with E-state index in [1.54, 1.807) is 34.6 Å². The van der Waals surface area contributed by atoms with Gasteiger partial charge in [0, 0.05) is 24.0 Å². The molecule has 2 saturated heterocycles. The Labute approximate surface area is 215 Å². The highest BCUT2D eigenvalue weighted by atomic mass is 16.6. The van der Waals surface area contributed by atoms with E-state index in [2.05, 4.69) is 13.2 Å². The van der Waals surface area contributed by atoms with Crippen molar-refractivity contribution in [3.05, 3.63) is 58.9 Å². The number of hydrogen-bond donors (Lipinski definition) is 2. The molecule has 3 fully saturated rings. The highest BCUT2D eigenvalue weighted by Crippen LogP contribution is 2.76. The van der Waals surface area contributed by atoms with E-state index in [0.717, 1.165) is 0 Å². The Balaban J connectivity index is 1.98. The zero-order valence-corrected chi connectivity index (χ0v) is 22.1. The number of rotatable bonds is 1. The molecule has 3 heterocycles. The van der Waals surface area contributed by atoms with Gasteiger partial charge in [0.2, 0.25) is 5.60 Å². The van der Waals surface area contributed by atoms with E-state index in [-0.39, 0.29) is 11.3 Å². The summed E-state index contributed by atoms with van der Waals surface area (Å²) in [7, 11) is 0. The van der Waals surface area contributed by atoms with Crippen LogP contribution >= 0.6 is 0 Å². The molecular formula is C28H32O9. The van der Waals surface area contributed by atoms with E-state index < -0.39 is 63.9 Å². The first-order valence-electron chi connectivity index (χ1n) is 12.2. The number of fused-ring (bicyclic) bond motifs is 2. The van der Waals surface area contributed by atoms with Crippen LogP contribution in [0.25, 0.3) is 0 Å². The minimum Gasteiger partial charge on any atom is -0.491 e. The predicted octanol–water partition coefficient (Wildman–Crippen LogP) is 2.34. The fourth-order valence-electron chi connectivity index (χ4n) is 7.83. The molecular weight excluding hydrogens is 480 g/mol. The summed E-state index contributed by atoms with van der Waals surface area (Å²) in [5.41, 5.74) is -6.45. The quantitative estimate of drug-likeness (QED) is 0.309. The molecule has 5 rings (SSSR count). The summed E-state index contributed by atoms with van der Waals surface area (Å²) in [5, 5.41) is 24.5. The number of cyclic esters (lactones) is 1. The molecule has 9 nitrogen and oxygen atoms in total. The van der Waals surface area contributed by atoms with Crippen LogP contribution < -0.4 is 0 Å². The van der Waals surface area contributed by atoms with Crippen LogP contribution in [0.5, 0.6) is 0 Å². The average molecular weight is 513 g/mol. The van der Waals surface area contributed by atoms with Crippen molar-refractivity contribution in [1.82, 2.24) is 0 Å². The van der Waals surface area contributed by atoms with Crippen molar-refractivity contribution in [2.45, 2.75) is 83.6 Å². The van der Waals surface area contributed by atoms with Crippen LogP contribution in [0, 0.1) is 10.8 Å². The van der Waals surface area contributed by atoms with Gasteiger partial charge in [-0.05, 0) is 63.0 Å². The molecule has 1 spiro atoms. The smallest absolute Gasteiger partial charge is 0.344 e. The second-order valence-corrected chi connectivity index (χ2v) is 11.4. The summed E-state index contributed by atoms with van der Waals surface area (Å²) >= 11 is 0. The van der Waals surface area contributed by atoms with E-state index in [9.17, 15) is 24.6 Å². The Morgan fingerprint density at radius 3 is 2.32 bits per heavy atom. The van der Waals surface area contributed by atoms with E-state index >= 15 is 0 Å². The first-order chi connectivity index (χ1) is 16.9. The molecule has 9 heteroatoms. The van der Waals surface area contributed by atoms with Crippen LogP contribution in [-0.4, -0.2) is 63.2 Å². The van der Waals surface area contributed by atoms with Gasteiger partial charge in [-0.2, -0.15) is 0 Å². The fourth-order valence-corrected chi connectivity index (χ4v) is 7.83. The van der Waals surface area contributed by atoms with Gasteiger partial charge in [0.05, 0.1) is 6.10 Å². The van der Waals surface area contributed by atoms with Gasteiger partial charge in [-0.15, -0.1) is 0 Å². The summed E-state index contributed by atoms with van der Waals surface area (Å²) in [6.07, 6.45) is -1.03. The zero-order chi connectivity index (χ0) is 27.7. The summed E-state index contributed by atoms with van der Waals surface area (Å²) < 4.78 is 23.4. The SMILES string of the molecule is C=C1O[C@@H](C)[C@]2(O)C(=O)O[C@]3(C)C(=C)[C@]12[C@@]1(C)C(=C(C)C2=C(C=CC(=O)OC2(C)C)[C@H]1O)[C@H]3OC(C)=O. The van der Waals surface area contributed by atoms with Crippen molar-refractivity contribution in [3.63, 3.8) is 0 Å². The minimum absolute atomic E-state index is 0.0386. The molecule has 2 aliphatic carbocycles. The van der Waals surface area contributed by atoms with Gasteiger partial charge in [-0.3, -0.25) is 4.79 Å². The second kappa shape index (κ2) is 7.02. The number of aliphatic hydroxyl groups is 2. The van der Waals surface area contributed by atoms with E-state index in [1.807, 2.05) is 0 Å². The number of ether oxygens (including phenoxy) is 4. The highest BCUT2D eigenvalue weighted by Gasteiger charge is 2.86. The number of carbonyl (C=O) groups is 3. The molecule has 0 radical (unpaired) electrons. The average Bonchev–Trinajstić information content (AvgIpc) is 2.89. The molecule has 2 bridgehead atoms. The largest absolute Gasteiger partial charge is 0.491 e. The predicted molar refractivity (Wildman–Crippen MR) is 129 cm³/mol. The minimum atomic E-state index is -2.31. The third kappa shape index (κ3) is 2.50. The Kier molecular flexibility index (Phi) is 4.83. The van der Waals surface area contributed by atoms with Crippen molar-refractivity contribution >= 4 is 17.9 Å². The Bertz CT molecular complexity index is 1310. The lowest BCUT2D eigenvalue weighted by Gasteiger charge is -2.67. The van der Waals surface area contributed by atoms with E-state index in [4.69, 9.17) is 18.9 Å². The third-order valence-electron chi connectivity index (χ3n) is 9.22. The van der Waals surface area contributed by atoms with Crippen molar-refractivity contribution < 1.29 is 43.5 Å². The van der Waals surface area contributed by atoms with Gasteiger partial charge in [0.15, 0.2) is 11.7 Å². The summed E-state index contributed by atoms with van der Waals surface area (Å²) in [4.78, 5) is 38.6. The van der Waals surface area contributed by atoms with Crippen LogP contribution in [0.4, 0.5) is 0 Å². The van der Waals surface area contributed by atoms with Crippen molar-refractivity contribution in [2.75, 3.05) is 0 Å². The molecule has 5 aliphatic rings. The van der Waals surface area contributed by atoms with Gasteiger partial charge in [-0.1, -0.05) is 20.1 Å². The Morgan fingerprint density at radius 1 is 1.11 bits per heavy atom. The molecule has 0 aromatic carbocycles. The molecule has 1 saturated carbocycles. The van der Waals surface area contributed by atoms with Crippen molar-refractivity contribution in [2.24, 2.45) is 10.8 Å². The fraction of sp³-hybridized carbons (Fsp3) is 0.536. The topological polar surface area (TPSA) is 129 Å². The van der Waals surface area contributed by atoms with Crippen LogP contribution in [0.3, 0.4) is 0 Å². The maximum absolute atomic E-state index is 13.7. The van der Waals surface area contributed by atoms with Crippen LogP contribution in [0.15, 0.2) is 58.9 Å². The van der Waals surface area contributed by atoms with Gasteiger partial charge >= 0.3 is 17.9 Å². The summed E-state index contributed by atoms with van der Waals surface area (Å²) in [6.45, 7) is 19.5. The van der Waals surface area contributed by atoms with Gasteiger partial charge in [0.1, 0.15) is 22.9 Å². The lowest BCUT2D eigenvalue weighted by molar-refractivity contribution is -0.246. The molecule has 37 heavy (non-hydrogen) atoms. The molecule has 0 aromatic heterocycles. The normalized spacial score (nSPS) is 43.8. The molecule has 0 amide bonds. The lowest BCUT2D eigenvalue weighted by Crippen LogP contribution is -2.79. The molecule has 0 aromatic rings. The second-order valence-electron chi connectivity index (χ2n) is 11.4. The highest BCUT2D eigenvalue weighted by molar-refractivity contribution is 5.90. The molecule has 3 aliphatic heterocycles. The monoisotopic (exact) mass is 512 g/mol. The van der Waals surface area contributed by atoms with Crippen LogP contribution in [0.2, 0.25) is 0 Å². The van der Waals surface area contributed by atoms with Crippen LogP contribution in [-0.2, 0) is 33.3 Å². The lowest BCUT2D eigenvalue weighted by atomic mass is 9.38. The van der Waals surface area contributed by atoms with Gasteiger partial charge in [-0.25, -0.2) is 9.59 Å². The number of aliphatic hydroxyl groups excluding tert-OH is 1. The molecule has 7 atom stereocenters. The van der Waals surface area contributed by atoms with Crippen LogP contribution in [0.1, 0.15) is 48.5 Å². The zero-order valence-electron chi connectivity index (χ0n) is 22.1. The molecule has 2 N–H and O–H groups in total. The van der Waals surface area contributed by atoms with Crippen molar-refractivity contribution in [1.29, 1.82) is 0 Å².